The van der Waals surface area contributed by atoms with Crippen molar-refractivity contribution in [2.24, 2.45) is 11.8 Å². The van der Waals surface area contributed by atoms with E-state index >= 15 is 0 Å². The molecule has 166 valence electrons. The summed E-state index contributed by atoms with van der Waals surface area (Å²) in [5, 5.41) is 20.7. The number of phenolic OH excluding ortho intramolecular Hbond substituents is 1. The van der Waals surface area contributed by atoms with Gasteiger partial charge in [0.05, 0.1) is 11.5 Å². The molecule has 1 saturated carbocycles. The van der Waals surface area contributed by atoms with Gasteiger partial charge in [-0.25, -0.2) is 0 Å². The third kappa shape index (κ3) is 5.59. The predicted octanol–water partition coefficient (Wildman–Crippen LogP) is 3.12. The van der Waals surface area contributed by atoms with Crippen LogP contribution in [0.15, 0.2) is 24.3 Å². The van der Waals surface area contributed by atoms with E-state index in [1.807, 2.05) is 0 Å². The van der Waals surface area contributed by atoms with Crippen LogP contribution in [0.1, 0.15) is 66.4 Å². The second kappa shape index (κ2) is 8.02. The van der Waals surface area contributed by atoms with E-state index in [-0.39, 0.29) is 12.2 Å². The molecule has 0 bridgehead atoms. The van der Waals surface area contributed by atoms with Gasteiger partial charge in [-0.1, -0.05) is 12.1 Å². The van der Waals surface area contributed by atoms with E-state index in [9.17, 15) is 24.6 Å². The second-order valence-electron chi connectivity index (χ2n) is 10.1. The van der Waals surface area contributed by atoms with E-state index in [1.54, 1.807) is 41.5 Å². The summed E-state index contributed by atoms with van der Waals surface area (Å²) < 4.78 is 11.0. The average Bonchev–Trinajstić information content (AvgIpc) is 2.50. The van der Waals surface area contributed by atoms with Crippen molar-refractivity contribution in [2.75, 3.05) is 0 Å². The first-order valence-electron chi connectivity index (χ1n) is 10.0. The van der Waals surface area contributed by atoms with E-state index < -0.39 is 52.3 Å². The number of esters is 2. The van der Waals surface area contributed by atoms with Crippen molar-refractivity contribution in [3.05, 3.63) is 29.8 Å². The Morgan fingerprint density at radius 1 is 0.967 bits per heavy atom. The Labute approximate surface area is 177 Å². The van der Waals surface area contributed by atoms with E-state index in [0.717, 1.165) is 0 Å². The summed E-state index contributed by atoms with van der Waals surface area (Å²) in [4.78, 5) is 39.1. The highest BCUT2D eigenvalue weighted by atomic mass is 16.6. The van der Waals surface area contributed by atoms with Gasteiger partial charge in [0.1, 0.15) is 22.9 Å². The number of Topliss-reactive ketones (excluding diaryl/α,β-unsaturated/α-hetero) is 1. The number of ketones is 1. The largest absolute Gasteiger partial charge is 0.508 e. The number of hydrogen-bond acceptors (Lipinski definition) is 7. The highest BCUT2D eigenvalue weighted by Gasteiger charge is 2.57. The third-order valence-corrected chi connectivity index (χ3v) is 4.87. The number of hydrogen-bond donors (Lipinski definition) is 2. The lowest BCUT2D eigenvalue weighted by atomic mass is 9.61. The minimum Gasteiger partial charge on any atom is -0.508 e. The maximum Gasteiger partial charge on any atom is 0.317 e. The monoisotopic (exact) mass is 420 g/mol. The minimum absolute atomic E-state index is 0.00437. The summed E-state index contributed by atoms with van der Waals surface area (Å²) >= 11 is 0. The molecule has 0 radical (unpaired) electrons. The molecule has 1 aromatic rings. The third-order valence-electron chi connectivity index (χ3n) is 4.87. The molecule has 0 saturated heterocycles. The Kier molecular flexibility index (Phi) is 6.38. The van der Waals surface area contributed by atoms with E-state index in [1.165, 1.54) is 31.2 Å². The summed E-state index contributed by atoms with van der Waals surface area (Å²) in [5.74, 6) is -5.45. The van der Waals surface area contributed by atoms with Gasteiger partial charge in [0.2, 0.25) is 0 Å². The van der Waals surface area contributed by atoms with Crippen molar-refractivity contribution in [3.8, 4) is 5.75 Å². The molecule has 4 atom stereocenters. The van der Waals surface area contributed by atoms with Crippen molar-refractivity contribution in [2.45, 2.75) is 77.6 Å². The minimum atomic E-state index is -1.72. The fourth-order valence-corrected chi connectivity index (χ4v) is 3.84. The molecular formula is C23H32O7. The van der Waals surface area contributed by atoms with Crippen LogP contribution in [0.3, 0.4) is 0 Å². The molecule has 1 fully saturated rings. The summed E-state index contributed by atoms with van der Waals surface area (Å²) in [6, 6.07) is 5.87. The van der Waals surface area contributed by atoms with Crippen LogP contribution in [0.2, 0.25) is 0 Å². The molecule has 7 nitrogen and oxygen atoms in total. The lowest BCUT2D eigenvalue weighted by Crippen LogP contribution is -2.56. The van der Waals surface area contributed by atoms with Gasteiger partial charge in [-0.15, -0.1) is 0 Å². The second-order valence-corrected chi connectivity index (χ2v) is 10.1. The molecule has 2 N–H and O–H groups in total. The summed E-state index contributed by atoms with van der Waals surface area (Å²) in [6.45, 7) is 11.6. The fraction of sp³-hybridized carbons (Fsp3) is 0.609. The van der Waals surface area contributed by atoms with Crippen molar-refractivity contribution >= 4 is 17.7 Å². The van der Waals surface area contributed by atoms with Gasteiger partial charge in [-0.3, -0.25) is 14.4 Å². The molecule has 7 heteroatoms. The molecule has 1 aliphatic carbocycles. The van der Waals surface area contributed by atoms with Crippen LogP contribution >= 0.6 is 0 Å². The van der Waals surface area contributed by atoms with Crippen LogP contribution in [-0.4, -0.2) is 44.7 Å². The number of aliphatic hydroxyl groups is 1. The Morgan fingerprint density at radius 3 is 1.90 bits per heavy atom. The number of aromatic hydroxyl groups is 1. The molecule has 0 aliphatic heterocycles. The first-order chi connectivity index (χ1) is 13.5. The summed E-state index contributed by atoms with van der Waals surface area (Å²) in [7, 11) is 0. The molecule has 1 aliphatic rings. The van der Waals surface area contributed by atoms with Crippen LogP contribution in [0.25, 0.3) is 0 Å². The highest BCUT2D eigenvalue weighted by molar-refractivity contribution is 6.03. The molecule has 2 rings (SSSR count). The lowest BCUT2D eigenvalue weighted by molar-refractivity contribution is -0.182. The lowest BCUT2D eigenvalue weighted by Gasteiger charge is -2.44. The van der Waals surface area contributed by atoms with E-state index in [2.05, 4.69) is 0 Å². The maximum absolute atomic E-state index is 13.1. The number of ether oxygens (including phenoxy) is 2. The highest BCUT2D eigenvalue weighted by Crippen LogP contribution is 2.47. The number of benzene rings is 1. The molecule has 0 aromatic heterocycles. The van der Waals surface area contributed by atoms with Crippen molar-refractivity contribution in [1.29, 1.82) is 0 Å². The zero-order chi connectivity index (χ0) is 23.1. The average molecular weight is 421 g/mol. The van der Waals surface area contributed by atoms with Crippen LogP contribution in [0.5, 0.6) is 5.75 Å². The zero-order valence-corrected chi connectivity index (χ0v) is 18.7. The van der Waals surface area contributed by atoms with E-state index in [4.69, 9.17) is 9.47 Å². The van der Waals surface area contributed by atoms with Crippen molar-refractivity contribution < 1.29 is 34.1 Å². The van der Waals surface area contributed by atoms with Gasteiger partial charge in [-0.05, 0) is 66.2 Å². The van der Waals surface area contributed by atoms with Crippen LogP contribution in [0.4, 0.5) is 0 Å². The van der Waals surface area contributed by atoms with Gasteiger partial charge in [-0.2, -0.15) is 0 Å². The molecule has 1 aromatic carbocycles. The molecule has 0 heterocycles. The summed E-state index contributed by atoms with van der Waals surface area (Å²) in [5.41, 5.74) is -2.93. The van der Waals surface area contributed by atoms with Gasteiger partial charge < -0.3 is 19.7 Å². The predicted molar refractivity (Wildman–Crippen MR) is 110 cm³/mol. The smallest absolute Gasteiger partial charge is 0.317 e. The molecular weight excluding hydrogens is 388 g/mol. The number of carbonyl (C=O) groups excluding carboxylic acids is 3. The topological polar surface area (TPSA) is 110 Å². The zero-order valence-electron chi connectivity index (χ0n) is 18.7. The number of rotatable bonds is 3. The number of carbonyl (C=O) groups is 3. The Bertz CT molecular complexity index is 809. The first-order valence-corrected chi connectivity index (χ1v) is 10.0. The Balaban J connectivity index is 2.62. The summed E-state index contributed by atoms with van der Waals surface area (Å²) in [6.07, 6.45) is -0.380. The fourth-order valence-electron chi connectivity index (χ4n) is 3.84. The van der Waals surface area contributed by atoms with Gasteiger partial charge in [0.15, 0.2) is 5.78 Å². The Morgan fingerprint density at radius 2 is 1.43 bits per heavy atom. The van der Waals surface area contributed by atoms with Gasteiger partial charge >= 0.3 is 11.9 Å². The maximum atomic E-state index is 13.1. The van der Waals surface area contributed by atoms with Crippen LogP contribution in [0, 0.1) is 11.8 Å². The van der Waals surface area contributed by atoms with Gasteiger partial charge in [0, 0.05) is 12.3 Å². The standard InChI is InChI=1S/C23H32O7/c1-21(2,3)29-19(26)17-15(25)12-23(7,28)18(20(27)30-22(4,5)6)16(17)13-8-10-14(24)11-9-13/h8-11,16-18,24,28H,12H2,1-7H3. The number of phenols is 1. The van der Waals surface area contributed by atoms with Crippen molar-refractivity contribution in [3.63, 3.8) is 0 Å². The first kappa shape index (κ1) is 23.9. The Hall–Kier alpha value is -2.41. The van der Waals surface area contributed by atoms with Gasteiger partial charge in [0.25, 0.3) is 0 Å². The SMILES string of the molecule is CC(C)(C)OC(=O)C1C(=O)CC(C)(O)C(C(=O)OC(C)(C)C)C1c1ccc(O)cc1. The van der Waals surface area contributed by atoms with Crippen LogP contribution in [-0.2, 0) is 23.9 Å². The molecule has 0 spiro atoms. The molecule has 4 unspecified atom stereocenters. The van der Waals surface area contributed by atoms with Crippen molar-refractivity contribution in [1.82, 2.24) is 0 Å². The van der Waals surface area contributed by atoms with E-state index in [0.29, 0.717) is 5.56 Å². The molecule has 0 amide bonds. The van der Waals surface area contributed by atoms with Crippen LogP contribution < -0.4 is 0 Å². The molecule has 30 heavy (non-hydrogen) atoms. The quantitative estimate of drug-likeness (QED) is 0.571. The normalized spacial score (nSPS) is 27.5.